The van der Waals surface area contributed by atoms with Gasteiger partial charge in [-0.25, -0.2) is 0 Å². The van der Waals surface area contributed by atoms with E-state index < -0.39 is 6.10 Å². The zero-order valence-electron chi connectivity index (χ0n) is 15.6. The number of rotatable bonds is 6. The highest BCUT2D eigenvalue weighted by Crippen LogP contribution is 2.22. The maximum absolute atomic E-state index is 12.4. The van der Waals surface area contributed by atoms with E-state index in [0.29, 0.717) is 12.5 Å². The Morgan fingerprint density at radius 3 is 2.35 bits per heavy atom. The zero-order valence-corrected chi connectivity index (χ0v) is 16.4. The maximum atomic E-state index is 12.4. The molecule has 3 rings (SSSR count). The van der Waals surface area contributed by atoms with Crippen LogP contribution in [0.15, 0.2) is 41.8 Å². The van der Waals surface area contributed by atoms with E-state index in [2.05, 4.69) is 30.9 Å². The topological polar surface area (TPSA) is 43.8 Å². The van der Waals surface area contributed by atoms with Gasteiger partial charge in [0, 0.05) is 32.7 Å². The minimum absolute atomic E-state index is 0.126. The van der Waals surface area contributed by atoms with E-state index in [1.54, 1.807) is 0 Å². The molecular weight excluding hydrogens is 344 g/mol. The molecule has 1 fully saturated rings. The summed E-state index contributed by atoms with van der Waals surface area (Å²) in [6.07, 6.45) is 0.636. The number of aliphatic hydroxyl groups excluding tert-OH is 1. The van der Waals surface area contributed by atoms with Gasteiger partial charge >= 0.3 is 0 Å². The average Bonchev–Trinajstić information content (AvgIpc) is 3.22. The van der Waals surface area contributed by atoms with Crippen molar-refractivity contribution in [3.8, 4) is 0 Å². The van der Waals surface area contributed by atoms with Crippen molar-refractivity contribution in [1.82, 2.24) is 9.80 Å². The Morgan fingerprint density at radius 1 is 1.12 bits per heavy atom. The number of hydrogen-bond acceptors (Lipinski definition) is 4. The molecule has 2 atom stereocenters. The average molecular weight is 373 g/mol. The zero-order chi connectivity index (χ0) is 18.5. The summed E-state index contributed by atoms with van der Waals surface area (Å²) in [5.41, 5.74) is 2.29. The number of aliphatic hydroxyl groups is 1. The van der Waals surface area contributed by atoms with Crippen molar-refractivity contribution >= 4 is 17.2 Å². The molecule has 1 amide bonds. The summed E-state index contributed by atoms with van der Waals surface area (Å²) in [5, 5.41) is 12.5. The highest BCUT2D eigenvalue weighted by Gasteiger charge is 2.24. The van der Waals surface area contributed by atoms with E-state index in [4.69, 9.17) is 0 Å². The van der Waals surface area contributed by atoms with Crippen LogP contribution in [-0.2, 0) is 0 Å². The quantitative estimate of drug-likeness (QED) is 0.840. The Morgan fingerprint density at radius 2 is 1.77 bits per heavy atom. The van der Waals surface area contributed by atoms with Crippen molar-refractivity contribution in [1.29, 1.82) is 0 Å². The lowest BCUT2D eigenvalue weighted by Gasteiger charge is -2.35. The second kappa shape index (κ2) is 8.80. The Kier molecular flexibility index (Phi) is 6.46. The first-order valence-corrected chi connectivity index (χ1v) is 10.3. The normalized spacial score (nSPS) is 17.9. The Labute approximate surface area is 160 Å². The van der Waals surface area contributed by atoms with Gasteiger partial charge < -0.3 is 10.0 Å². The van der Waals surface area contributed by atoms with Crippen molar-refractivity contribution in [3.63, 3.8) is 0 Å². The fraction of sp³-hybridized carbons (Fsp3) is 0.476. The second-order valence-electron chi connectivity index (χ2n) is 7.06. The van der Waals surface area contributed by atoms with E-state index in [9.17, 15) is 9.90 Å². The Hall–Kier alpha value is -1.69. The summed E-state index contributed by atoms with van der Waals surface area (Å²) < 4.78 is 0. The van der Waals surface area contributed by atoms with Crippen LogP contribution in [0.1, 0.15) is 53.1 Å². The van der Waals surface area contributed by atoms with Gasteiger partial charge in [0.25, 0.3) is 5.91 Å². The predicted molar refractivity (Wildman–Crippen MR) is 107 cm³/mol. The van der Waals surface area contributed by atoms with Gasteiger partial charge in [0.1, 0.15) is 0 Å². The van der Waals surface area contributed by atoms with Crippen molar-refractivity contribution in [2.75, 3.05) is 32.7 Å². The van der Waals surface area contributed by atoms with E-state index in [-0.39, 0.29) is 5.91 Å². The van der Waals surface area contributed by atoms with Gasteiger partial charge in [-0.2, -0.15) is 0 Å². The maximum Gasteiger partial charge on any atom is 0.264 e. The standard InChI is InChI=1S/C21H28N2O2S/c1-3-16(2)17-6-8-18(9-7-17)19(24)15-22-10-12-23(13-11-22)21(25)20-5-4-14-26-20/h4-9,14,16,19,24H,3,10-13,15H2,1-2H3. The Balaban J connectivity index is 1.50. The van der Waals surface area contributed by atoms with Crippen LogP contribution in [-0.4, -0.2) is 53.5 Å². The molecule has 0 bridgehead atoms. The monoisotopic (exact) mass is 372 g/mol. The van der Waals surface area contributed by atoms with Crippen LogP contribution in [0.2, 0.25) is 0 Å². The largest absolute Gasteiger partial charge is 0.387 e. The summed E-state index contributed by atoms with van der Waals surface area (Å²) >= 11 is 1.49. The Bertz CT molecular complexity index is 691. The van der Waals surface area contributed by atoms with Crippen LogP contribution in [0.3, 0.4) is 0 Å². The molecule has 1 saturated heterocycles. The molecule has 2 aromatic rings. The van der Waals surface area contributed by atoms with Gasteiger partial charge in [0.2, 0.25) is 0 Å². The first kappa shape index (κ1) is 19.1. The van der Waals surface area contributed by atoms with Crippen LogP contribution < -0.4 is 0 Å². The van der Waals surface area contributed by atoms with Gasteiger partial charge in [-0.3, -0.25) is 9.69 Å². The van der Waals surface area contributed by atoms with Crippen LogP contribution in [0.25, 0.3) is 0 Å². The van der Waals surface area contributed by atoms with Gasteiger partial charge in [0.05, 0.1) is 11.0 Å². The third-order valence-corrected chi connectivity index (χ3v) is 6.18. The van der Waals surface area contributed by atoms with Crippen molar-refractivity contribution in [2.24, 2.45) is 0 Å². The number of hydrogen-bond donors (Lipinski definition) is 1. The molecule has 1 aliphatic heterocycles. The molecule has 0 radical (unpaired) electrons. The summed E-state index contributed by atoms with van der Waals surface area (Å²) in [4.78, 5) is 17.4. The van der Waals surface area contributed by atoms with Crippen LogP contribution in [0, 0.1) is 0 Å². The molecule has 4 nitrogen and oxygen atoms in total. The highest BCUT2D eigenvalue weighted by atomic mass is 32.1. The van der Waals surface area contributed by atoms with Crippen LogP contribution in [0.5, 0.6) is 0 Å². The van der Waals surface area contributed by atoms with Crippen molar-refractivity contribution in [2.45, 2.75) is 32.3 Å². The fourth-order valence-corrected chi connectivity index (χ4v) is 4.01. The minimum Gasteiger partial charge on any atom is -0.387 e. The second-order valence-corrected chi connectivity index (χ2v) is 8.01. The molecular formula is C21H28N2O2S. The molecule has 2 unspecified atom stereocenters. The number of carbonyl (C=O) groups excluding carboxylic acids is 1. The molecule has 0 saturated carbocycles. The first-order valence-electron chi connectivity index (χ1n) is 9.41. The van der Waals surface area contributed by atoms with E-state index in [0.717, 1.165) is 43.0 Å². The van der Waals surface area contributed by atoms with E-state index >= 15 is 0 Å². The molecule has 1 aromatic heterocycles. The van der Waals surface area contributed by atoms with E-state index in [1.165, 1.54) is 16.9 Å². The summed E-state index contributed by atoms with van der Waals surface area (Å²) in [7, 11) is 0. The molecule has 0 spiro atoms. The fourth-order valence-electron chi connectivity index (χ4n) is 3.32. The molecule has 1 aromatic carbocycles. The number of nitrogens with zero attached hydrogens (tertiary/aromatic N) is 2. The molecule has 0 aliphatic carbocycles. The molecule has 26 heavy (non-hydrogen) atoms. The van der Waals surface area contributed by atoms with Gasteiger partial charge in [-0.05, 0) is 34.9 Å². The van der Waals surface area contributed by atoms with Crippen LogP contribution >= 0.6 is 11.3 Å². The third-order valence-electron chi connectivity index (χ3n) is 5.33. The lowest BCUT2D eigenvalue weighted by molar-refractivity contribution is 0.0531. The molecule has 5 heteroatoms. The van der Waals surface area contributed by atoms with E-state index in [1.807, 2.05) is 34.5 Å². The lowest BCUT2D eigenvalue weighted by Crippen LogP contribution is -2.49. The van der Waals surface area contributed by atoms with Crippen LogP contribution in [0.4, 0.5) is 0 Å². The summed E-state index contributed by atoms with van der Waals surface area (Å²) in [6, 6.07) is 12.1. The molecule has 140 valence electrons. The molecule has 1 N–H and O–H groups in total. The summed E-state index contributed by atoms with van der Waals surface area (Å²) in [5.74, 6) is 0.677. The third kappa shape index (κ3) is 4.53. The molecule has 2 heterocycles. The number of amides is 1. The summed E-state index contributed by atoms with van der Waals surface area (Å²) in [6.45, 7) is 8.08. The number of benzene rings is 1. The number of thiophene rings is 1. The highest BCUT2D eigenvalue weighted by molar-refractivity contribution is 7.12. The van der Waals surface area contributed by atoms with Crippen molar-refractivity contribution < 1.29 is 9.90 Å². The van der Waals surface area contributed by atoms with Crippen molar-refractivity contribution in [3.05, 3.63) is 57.8 Å². The number of piperazine rings is 1. The number of β-amino-alcohol motifs (C(OH)–C–C–N with tert-alkyl or cyclic N) is 1. The lowest BCUT2D eigenvalue weighted by atomic mass is 9.96. The van der Waals surface area contributed by atoms with Gasteiger partial charge in [-0.15, -0.1) is 11.3 Å². The predicted octanol–water partition coefficient (Wildman–Crippen LogP) is 3.75. The first-order chi connectivity index (χ1) is 12.6. The van der Waals surface area contributed by atoms with Gasteiger partial charge in [0.15, 0.2) is 0 Å². The van der Waals surface area contributed by atoms with Gasteiger partial charge in [-0.1, -0.05) is 44.2 Å². The number of carbonyl (C=O) groups is 1. The molecule has 1 aliphatic rings. The smallest absolute Gasteiger partial charge is 0.264 e. The SMILES string of the molecule is CCC(C)c1ccc(C(O)CN2CCN(C(=O)c3cccs3)CC2)cc1. The minimum atomic E-state index is -0.486.